The average Bonchev–Trinajstić information content (AvgIpc) is 3.16. The van der Waals surface area contributed by atoms with Gasteiger partial charge >= 0.3 is 0 Å². The van der Waals surface area contributed by atoms with Crippen LogP contribution in [0.2, 0.25) is 10.0 Å². The van der Waals surface area contributed by atoms with Gasteiger partial charge in [-0.25, -0.2) is 0 Å². The van der Waals surface area contributed by atoms with Gasteiger partial charge in [-0.2, -0.15) is 4.52 Å². The Labute approximate surface area is 139 Å². The molecule has 5 nitrogen and oxygen atoms in total. The van der Waals surface area contributed by atoms with E-state index in [0.717, 1.165) is 21.4 Å². The number of halogens is 2. The lowest BCUT2D eigenvalue weighted by atomic mass is 10.2. The lowest BCUT2D eigenvalue weighted by Crippen LogP contribution is -1.87. The number of furan rings is 1. The van der Waals surface area contributed by atoms with Crippen molar-refractivity contribution in [3.63, 3.8) is 0 Å². The SMILES string of the molecule is Cc1nnc2sc(-c3ccc(-c4ccc(Cl)cc4Cl)o3)nn12. The minimum atomic E-state index is 0.544. The second kappa shape index (κ2) is 5.08. The van der Waals surface area contributed by atoms with Gasteiger partial charge in [0.15, 0.2) is 16.6 Å². The fourth-order valence-electron chi connectivity index (χ4n) is 2.10. The normalized spacial score (nSPS) is 11.4. The summed E-state index contributed by atoms with van der Waals surface area (Å²) in [5, 5.41) is 14.3. The van der Waals surface area contributed by atoms with Crippen molar-refractivity contribution in [3.8, 4) is 22.1 Å². The van der Waals surface area contributed by atoms with Gasteiger partial charge in [0.25, 0.3) is 0 Å². The topological polar surface area (TPSA) is 56.2 Å². The van der Waals surface area contributed by atoms with Crippen LogP contribution in [0.1, 0.15) is 5.82 Å². The molecule has 1 aromatic carbocycles. The molecule has 3 heterocycles. The number of nitrogens with zero attached hydrogens (tertiary/aromatic N) is 4. The summed E-state index contributed by atoms with van der Waals surface area (Å²) in [6, 6.07) is 9.02. The Kier molecular flexibility index (Phi) is 3.18. The highest BCUT2D eigenvalue weighted by Gasteiger charge is 2.15. The van der Waals surface area contributed by atoms with Crippen molar-refractivity contribution >= 4 is 39.5 Å². The number of fused-ring (bicyclic) bond motifs is 1. The van der Waals surface area contributed by atoms with Crippen LogP contribution in [0, 0.1) is 6.92 Å². The van der Waals surface area contributed by atoms with Gasteiger partial charge in [0.05, 0.1) is 5.02 Å². The standard InChI is InChI=1S/C14H8Cl2N4OS/c1-7-17-18-14-20(7)19-13(22-14)12-5-4-11(21-12)9-3-2-8(15)6-10(9)16/h2-6H,1H3. The largest absolute Gasteiger partial charge is 0.453 e. The maximum absolute atomic E-state index is 6.21. The summed E-state index contributed by atoms with van der Waals surface area (Å²) in [4.78, 5) is 0.731. The number of hydrogen-bond acceptors (Lipinski definition) is 5. The van der Waals surface area contributed by atoms with E-state index in [1.807, 2.05) is 25.1 Å². The van der Waals surface area contributed by atoms with Crippen molar-refractivity contribution in [1.29, 1.82) is 0 Å². The van der Waals surface area contributed by atoms with E-state index in [2.05, 4.69) is 15.3 Å². The van der Waals surface area contributed by atoms with E-state index in [4.69, 9.17) is 27.6 Å². The molecule has 0 spiro atoms. The smallest absolute Gasteiger partial charge is 0.235 e. The summed E-state index contributed by atoms with van der Waals surface area (Å²) in [7, 11) is 0. The molecule has 0 aliphatic carbocycles. The van der Waals surface area contributed by atoms with Crippen LogP contribution in [-0.4, -0.2) is 19.8 Å². The lowest BCUT2D eigenvalue weighted by molar-refractivity contribution is 0.595. The molecule has 0 aliphatic heterocycles. The quantitative estimate of drug-likeness (QED) is 0.524. The summed E-state index contributed by atoms with van der Waals surface area (Å²) in [6.45, 7) is 1.85. The number of hydrogen-bond donors (Lipinski definition) is 0. The van der Waals surface area contributed by atoms with Gasteiger partial charge in [-0.1, -0.05) is 34.5 Å². The molecule has 0 unspecified atom stereocenters. The average molecular weight is 351 g/mol. The first-order chi connectivity index (χ1) is 10.6. The van der Waals surface area contributed by atoms with E-state index in [0.29, 0.717) is 21.6 Å². The molecule has 0 amide bonds. The second-order valence-corrected chi connectivity index (χ2v) is 6.44. The number of aryl methyl sites for hydroxylation is 1. The van der Waals surface area contributed by atoms with Gasteiger partial charge in [0.1, 0.15) is 5.76 Å². The molecule has 0 atom stereocenters. The van der Waals surface area contributed by atoms with Gasteiger partial charge in [-0.3, -0.25) is 0 Å². The Morgan fingerprint density at radius 2 is 1.91 bits per heavy atom. The van der Waals surface area contributed by atoms with Crippen molar-refractivity contribution in [2.45, 2.75) is 6.92 Å². The first kappa shape index (κ1) is 13.8. The first-order valence-corrected chi connectivity index (χ1v) is 7.93. The van der Waals surface area contributed by atoms with Gasteiger partial charge in [-0.05, 0) is 37.3 Å². The fourth-order valence-corrected chi connectivity index (χ4v) is 3.45. The Balaban J connectivity index is 1.77. The van der Waals surface area contributed by atoms with Crippen LogP contribution in [0.4, 0.5) is 0 Å². The van der Waals surface area contributed by atoms with Gasteiger partial charge in [0.2, 0.25) is 4.96 Å². The second-order valence-electron chi connectivity index (χ2n) is 4.64. The highest BCUT2D eigenvalue weighted by atomic mass is 35.5. The van der Waals surface area contributed by atoms with Crippen molar-refractivity contribution in [3.05, 3.63) is 46.2 Å². The third-order valence-corrected chi connectivity index (χ3v) is 4.62. The van der Waals surface area contributed by atoms with E-state index in [1.165, 1.54) is 11.3 Å². The number of aromatic nitrogens is 4. The summed E-state index contributed by atoms with van der Waals surface area (Å²) in [5.74, 6) is 2.07. The van der Waals surface area contributed by atoms with Crippen LogP contribution in [0.3, 0.4) is 0 Å². The fraction of sp³-hybridized carbons (Fsp3) is 0.0714. The molecule has 0 radical (unpaired) electrons. The molecule has 0 aliphatic rings. The Morgan fingerprint density at radius 1 is 1.09 bits per heavy atom. The molecular weight excluding hydrogens is 343 g/mol. The highest BCUT2D eigenvalue weighted by Crippen LogP contribution is 2.35. The van der Waals surface area contributed by atoms with Crippen LogP contribution in [0.15, 0.2) is 34.7 Å². The molecule has 0 N–H and O–H groups in total. The predicted octanol–water partition coefficient (Wildman–Crippen LogP) is 4.73. The van der Waals surface area contributed by atoms with Crippen LogP contribution >= 0.6 is 34.5 Å². The van der Waals surface area contributed by atoms with Gasteiger partial charge in [0, 0.05) is 10.6 Å². The van der Waals surface area contributed by atoms with E-state index < -0.39 is 0 Å². The monoisotopic (exact) mass is 350 g/mol. The van der Waals surface area contributed by atoms with E-state index in [1.54, 1.807) is 16.6 Å². The van der Waals surface area contributed by atoms with Crippen LogP contribution in [0.25, 0.3) is 27.1 Å². The van der Waals surface area contributed by atoms with Gasteiger partial charge < -0.3 is 4.42 Å². The molecule has 0 fully saturated rings. The van der Waals surface area contributed by atoms with Crippen LogP contribution in [-0.2, 0) is 0 Å². The van der Waals surface area contributed by atoms with Crippen LogP contribution < -0.4 is 0 Å². The molecule has 0 saturated heterocycles. The third-order valence-electron chi connectivity index (χ3n) is 3.16. The maximum Gasteiger partial charge on any atom is 0.235 e. The zero-order chi connectivity index (χ0) is 15.3. The molecule has 22 heavy (non-hydrogen) atoms. The summed E-state index contributed by atoms with van der Waals surface area (Å²) in [5.41, 5.74) is 0.788. The third kappa shape index (κ3) is 2.20. The molecule has 0 bridgehead atoms. The summed E-state index contributed by atoms with van der Waals surface area (Å²) < 4.78 is 7.57. The maximum atomic E-state index is 6.21. The van der Waals surface area contributed by atoms with E-state index in [-0.39, 0.29) is 0 Å². The molecule has 4 aromatic rings. The number of rotatable bonds is 2. The van der Waals surface area contributed by atoms with E-state index >= 15 is 0 Å². The Morgan fingerprint density at radius 3 is 2.68 bits per heavy atom. The van der Waals surface area contributed by atoms with Crippen molar-refractivity contribution in [2.75, 3.05) is 0 Å². The Hall–Kier alpha value is -1.89. The molecule has 0 saturated carbocycles. The van der Waals surface area contributed by atoms with Crippen LogP contribution in [0.5, 0.6) is 0 Å². The predicted molar refractivity (Wildman–Crippen MR) is 86.6 cm³/mol. The zero-order valence-electron chi connectivity index (χ0n) is 11.2. The highest BCUT2D eigenvalue weighted by molar-refractivity contribution is 7.19. The minimum absolute atomic E-state index is 0.544. The number of benzene rings is 1. The summed E-state index contributed by atoms with van der Waals surface area (Å²) >= 11 is 13.5. The molecular formula is C14H8Cl2N4OS. The molecule has 8 heteroatoms. The van der Waals surface area contributed by atoms with Crippen molar-refractivity contribution in [2.24, 2.45) is 0 Å². The minimum Gasteiger partial charge on any atom is -0.453 e. The molecule has 110 valence electrons. The van der Waals surface area contributed by atoms with Crippen molar-refractivity contribution < 1.29 is 4.42 Å². The van der Waals surface area contributed by atoms with E-state index in [9.17, 15) is 0 Å². The lowest BCUT2D eigenvalue weighted by Gasteiger charge is -2.00. The first-order valence-electron chi connectivity index (χ1n) is 6.36. The van der Waals surface area contributed by atoms with Crippen molar-refractivity contribution in [1.82, 2.24) is 19.8 Å². The van der Waals surface area contributed by atoms with Gasteiger partial charge in [-0.15, -0.1) is 15.3 Å². The molecule has 3 aromatic heterocycles. The summed E-state index contributed by atoms with van der Waals surface area (Å²) in [6.07, 6.45) is 0. The Bertz CT molecular complexity index is 988. The zero-order valence-corrected chi connectivity index (χ0v) is 13.6. The molecule has 4 rings (SSSR count).